The van der Waals surface area contributed by atoms with E-state index in [1.54, 1.807) is 12.1 Å². The molecule has 0 fully saturated rings. The molecule has 0 spiro atoms. The molecule has 0 radical (unpaired) electrons. The molecule has 1 aliphatic heterocycles. The van der Waals surface area contributed by atoms with Crippen LogP contribution in [0.4, 0.5) is 61.7 Å². The molecule has 2 amide bonds. The van der Waals surface area contributed by atoms with E-state index in [2.05, 4.69) is 105 Å². The van der Waals surface area contributed by atoms with Crippen LogP contribution in [0.5, 0.6) is 11.5 Å². The van der Waals surface area contributed by atoms with E-state index in [1.165, 1.54) is 0 Å². The van der Waals surface area contributed by atoms with E-state index in [1.807, 2.05) is 70.3 Å². The third-order valence-electron chi connectivity index (χ3n) is 10.9. The van der Waals surface area contributed by atoms with Gasteiger partial charge in [-0.3, -0.25) is 9.59 Å². The van der Waals surface area contributed by atoms with Crippen LogP contribution in [0.25, 0.3) is 54.7 Å². The average molecular weight is 1050 g/mol. The number of aromatic nitrogens is 4. The predicted molar refractivity (Wildman–Crippen MR) is 253 cm³/mol. The molecule has 0 aliphatic carbocycles. The normalized spacial score (nSPS) is 15.8. The number of amides is 2. The fourth-order valence-electron chi connectivity index (χ4n) is 8.25. The van der Waals surface area contributed by atoms with Crippen molar-refractivity contribution in [3.05, 3.63) is 158 Å². The van der Waals surface area contributed by atoms with E-state index < -0.39 is 15.6 Å². The third kappa shape index (κ3) is 14.1. The molecule has 10 rings (SSSR count). The van der Waals surface area contributed by atoms with Gasteiger partial charge in [-0.15, -0.1) is 0 Å². The predicted octanol–water partition coefficient (Wildman–Crippen LogP) is 14.7. The first-order valence-electron chi connectivity index (χ1n) is 21.5. The van der Waals surface area contributed by atoms with Gasteiger partial charge in [0, 0.05) is 11.1 Å². The van der Waals surface area contributed by atoms with Gasteiger partial charge in [-0.05, 0) is 70.1 Å². The number of nitrogens with one attached hydrogen (secondary N) is 2. The number of nitrogens with zero attached hydrogens (tertiary/aromatic N) is 4. The number of para-hydroxylation sites is 6. The first-order chi connectivity index (χ1) is 33.5. The molecule has 3 heterocycles. The summed E-state index contributed by atoms with van der Waals surface area (Å²) < 4.78 is 140. The molecule has 0 saturated heterocycles. The van der Waals surface area contributed by atoms with Crippen LogP contribution in [-0.2, 0) is 35.8 Å². The summed E-state index contributed by atoms with van der Waals surface area (Å²) in [7, 11) is -21.3. The Labute approximate surface area is 400 Å². The topological polar surface area (TPSA) is 94.3 Å². The van der Waals surface area contributed by atoms with Gasteiger partial charge in [0.05, 0.1) is 11.4 Å². The van der Waals surface area contributed by atoms with Crippen molar-refractivity contribution in [2.45, 2.75) is 26.2 Å². The molecule has 1 aliphatic rings. The number of carbonyl (C=O) groups excluding carboxylic acids is 2. The van der Waals surface area contributed by atoms with Crippen LogP contribution in [0.1, 0.15) is 0 Å². The summed E-state index contributed by atoms with van der Waals surface area (Å²) in [6.07, 6.45) is 3.93. The van der Waals surface area contributed by atoms with E-state index in [0.29, 0.717) is 37.7 Å². The fraction of sp³-hybridized carbons (Fsp3) is 0.125. The number of rotatable bonds is 0. The van der Waals surface area contributed by atoms with Crippen molar-refractivity contribution in [3.8, 4) is 22.6 Å². The van der Waals surface area contributed by atoms with Crippen LogP contribution in [0.2, 0.25) is 0 Å². The minimum atomic E-state index is -10.7. The molecule has 10 nitrogen and oxygen atoms in total. The van der Waals surface area contributed by atoms with E-state index in [0.717, 1.165) is 66.2 Å². The van der Waals surface area contributed by atoms with Gasteiger partial charge >= 0.3 is 66.0 Å². The maximum atomic E-state index is 13.7. The number of imidazole rings is 2. The molecule has 4 bridgehead atoms. The van der Waals surface area contributed by atoms with Gasteiger partial charge in [0.15, 0.2) is 35.2 Å². The molecule has 0 unspecified atom stereocenters. The maximum absolute atomic E-state index is 13.7. The molecule has 24 heteroatoms. The zero-order valence-corrected chi connectivity index (χ0v) is 38.9. The number of halogens is 12. The van der Waals surface area contributed by atoms with Crippen molar-refractivity contribution < 1.29 is 78.6 Å². The molecule has 9 aromatic rings. The quantitative estimate of drug-likeness (QED) is 0.0899. The monoisotopic (exact) mass is 1050 g/mol. The number of hydrogen-bond donors (Lipinski definition) is 2. The van der Waals surface area contributed by atoms with Crippen LogP contribution in [0.15, 0.2) is 158 Å². The Morgan fingerprint density at radius 1 is 0.431 bits per heavy atom. The minimum absolute atomic E-state index is 0.0741. The van der Waals surface area contributed by atoms with Gasteiger partial charge in [0.2, 0.25) is 12.7 Å². The summed E-state index contributed by atoms with van der Waals surface area (Å²) in [6, 6.07) is 48.4. The first kappa shape index (κ1) is 50.9. The number of anilines is 2. The molecule has 380 valence electrons. The SMILES string of the molecule is F[P-](F)(F)(F)(F)F.F[P-](F)(F)(F)(F)F.O=C1C[n+]2cn(c3ccccc32)CCOc2ccc3ccccc3c2-c2c(ccc3ccccc23)OCCn2c[n+](c3ccccc32)CC(=O)Nc2ccccc2N1. The van der Waals surface area contributed by atoms with Crippen LogP contribution in [0, 0.1) is 0 Å². The van der Waals surface area contributed by atoms with E-state index >= 15 is 0 Å². The fourth-order valence-corrected chi connectivity index (χ4v) is 8.25. The van der Waals surface area contributed by atoms with Crippen molar-refractivity contribution in [3.63, 3.8) is 0 Å². The van der Waals surface area contributed by atoms with Crippen molar-refractivity contribution in [2.24, 2.45) is 0 Å². The van der Waals surface area contributed by atoms with Gasteiger partial charge in [0.25, 0.3) is 11.8 Å². The van der Waals surface area contributed by atoms with Crippen LogP contribution in [0.3, 0.4) is 0 Å². The second-order valence-corrected chi connectivity index (χ2v) is 20.3. The summed E-state index contributed by atoms with van der Waals surface area (Å²) >= 11 is 0. The molecule has 0 saturated carbocycles. The zero-order chi connectivity index (χ0) is 51.8. The van der Waals surface area contributed by atoms with Crippen molar-refractivity contribution in [1.82, 2.24) is 9.13 Å². The molecular weight excluding hydrogens is 1010 g/mol. The standard InChI is InChI=1S/C48H38N6O4.2F6P/c55-45-29-53-31-51(39-17-7-9-19-41(39)53)25-27-57-43-23-21-33-11-1-3-13-35(33)47(43)48-36-14-4-2-12-34(36)22-24-44(48)58-28-26-52-32-54(42-20-10-8-18-40(42)52)30-46(56)50-38-16-6-5-15-37(38)49-45;2*1-7(2,3,4,5)6/h1-24,31-32H,25-30H2;;/q;2*-1/p+2. The second-order valence-electron chi connectivity index (χ2n) is 16.4. The number of benzene rings is 7. The summed E-state index contributed by atoms with van der Waals surface area (Å²) in [5, 5.41) is 10.4. The Hall–Kier alpha value is -7.44. The van der Waals surface area contributed by atoms with Crippen LogP contribution < -0.4 is 29.2 Å². The molecule has 2 N–H and O–H groups in total. The third-order valence-corrected chi connectivity index (χ3v) is 10.9. The Morgan fingerprint density at radius 2 is 0.764 bits per heavy atom. The van der Waals surface area contributed by atoms with Crippen LogP contribution >= 0.6 is 15.6 Å². The van der Waals surface area contributed by atoms with Crippen LogP contribution in [-0.4, -0.2) is 34.2 Å². The number of carbonyl (C=O) groups is 2. The van der Waals surface area contributed by atoms with Gasteiger partial charge in [-0.1, -0.05) is 97.1 Å². The molecule has 7 aromatic carbocycles. The van der Waals surface area contributed by atoms with Gasteiger partial charge in [-0.2, -0.15) is 0 Å². The Morgan fingerprint density at radius 3 is 1.15 bits per heavy atom. The Kier molecular flexibility index (Phi) is 12.5. The zero-order valence-electron chi connectivity index (χ0n) is 37.1. The van der Waals surface area contributed by atoms with Crippen molar-refractivity contribution in [1.29, 1.82) is 0 Å². The summed E-state index contributed by atoms with van der Waals surface area (Å²) in [5.74, 6) is 1.08. The molecule has 72 heavy (non-hydrogen) atoms. The van der Waals surface area contributed by atoms with Gasteiger partial charge in [0.1, 0.15) is 37.8 Å². The van der Waals surface area contributed by atoms with Gasteiger partial charge < -0.3 is 20.1 Å². The second kappa shape index (κ2) is 17.7. The average Bonchev–Trinajstić information content (AvgIpc) is 3.81. The molecule has 2 aromatic heterocycles. The number of hydrogen-bond acceptors (Lipinski definition) is 4. The van der Waals surface area contributed by atoms with Crippen molar-refractivity contribution in [2.75, 3.05) is 23.8 Å². The van der Waals surface area contributed by atoms with Crippen molar-refractivity contribution >= 4 is 82.4 Å². The summed E-state index contributed by atoms with van der Waals surface area (Å²) in [5.41, 5.74) is 6.81. The largest absolute Gasteiger partial charge is 0.489 e. The van der Waals surface area contributed by atoms with E-state index in [-0.39, 0.29) is 24.9 Å². The van der Waals surface area contributed by atoms with E-state index in [4.69, 9.17) is 9.47 Å². The summed E-state index contributed by atoms with van der Waals surface area (Å²) in [4.78, 5) is 27.3. The number of ether oxygens (including phenoxy) is 2. The summed E-state index contributed by atoms with van der Waals surface area (Å²) in [6.45, 7) is 1.99. The maximum Gasteiger partial charge on any atom is 0.266 e. The smallest absolute Gasteiger partial charge is 0.266 e. The Bertz CT molecular complexity index is 3300. The van der Waals surface area contributed by atoms with E-state index in [9.17, 15) is 60.0 Å². The number of fused-ring (bicyclic) bond motifs is 18. The molecule has 0 atom stereocenters. The minimum Gasteiger partial charge on any atom is -0.489 e. The first-order valence-corrected chi connectivity index (χ1v) is 25.6. The Balaban J connectivity index is 0.000000436. The molecular formula is C48H40F12N6O4P2. The van der Waals surface area contributed by atoms with Gasteiger partial charge in [-0.25, -0.2) is 18.3 Å².